The molecule has 0 aliphatic rings. The third-order valence-corrected chi connectivity index (χ3v) is 3.92. The highest BCUT2D eigenvalue weighted by molar-refractivity contribution is 5.84. The van der Waals surface area contributed by atoms with E-state index in [1.165, 1.54) is 38.5 Å². The molecule has 1 amide bonds. The molecule has 0 saturated heterocycles. The van der Waals surface area contributed by atoms with E-state index >= 15 is 0 Å². The molecule has 2 N–H and O–H groups in total. The van der Waals surface area contributed by atoms with E-state index in [0.717, 1.165) is 6.07 Å². The Morgan fingerprint density at radius 1 is 1.04 bits per heavy atom. The third-order valence-electron chi connectivity index (χ3n) is 3.92. The number of halogens is 2. The molecule has 6 nitrogen and oxygen atoms in total. The lowest BCUT2D eigenvalue weighted by Crippen LogP contribution is -2.34. The van der Waals surface area contributed by atoms with Gasteiger partial charge in [0.25, 0.3) is 0 Å². The van der Waals surface area contributed by atoms with Crippen LogP contribution in [0.15, 0.2) is 36.4 Å². The number of carboxylic acids is 1. The van der Waals surface area contributed by atoms with Gasteiger partial charge in [0.2, 0.25) is 5.91 Å². The van der Waals surface area contributed by atoms with Gasteiger partial charge in [-0.1, -0.05) is 12.1 Å². The second kappa shape index (κ2) is 8.98. The molecular formula is C19H19F2NO5. The molecule has 0 bridgehead atoms. The first-order valence-electron chi connectivity index (χ1n) is 8.03. The van der Waals surface area contributed by atoms with Crippen LogP contribution in [0.2, 0.25) is 0 Å². The molecule has 2 aromatic rings. The number of amides is 1. The summed E-state index contributed by atoms with van der Waals surface area (Å²) < 4.78 is 37.1. The van der Waals surface area contributed by atoms with Gasteiger partial charge in [-0.15, -0.1) is 0 Å². The van der Waals surface area contributed by atoms with Crippen LogP contribution in [0.1, 0.15) is 23.6 Å². The maximum atomic E-state index is 13.8. The minimum absolute atomic E-state index is 0.0317. The molecule has 0 spiro atoms. The fourth-order valence-electron chi connectivity index (χ4n) is 2.51. The van der Waals surface area contributed by atoms with Gasteiger partial charge in [-0.25, -0.2) is 13.6 Å². The summed E-state index contributed by atoms with van der Waals surface area (Å²) in [6.45, 7) is 0. The molecule has 1 unspecified atom stereocenters. The van der Waals surface area contributed by atoms with Gasteiger partial charge < -0.3 is 19.9 Å². The minimum Gasteiger partial charge on any atom is -0.494 e. The van der Waals surface area contributed by atoms with E-state index in [1.54, 1.807) is 6.07 Å². The number of carbonyl (C=O) groups excluding carboxylic acids is 1. The number of nitrogens with one attached hydrogen (secondary N) is 1. The molecule has 0 fully saturated rings. The number of carbonyl (C=O) groups is 2. The second-order valence-electron chi connectivity index (χ2n) is 5.70. The van der Waals surface area contributed by atoms with Crippen LogP contribution < -0.4 is 14.8 Å². The van der Waals surface area contributed by atoms with Gasteiger partial charge in [-0.3, -0.25) is 4.79 Å². The summed E-state index contributed by atoms with van der Waals surface area (Å²) in [5.41, 5.74) is 0.635. The highest BCUT2D eigenvalue weighted by Gasteiger charge is 2.23. The summed E-state index contributed by atoms with van der Waals surface area (Å²) in [5.74, 6) is -3.11. The maximum Gasteiger partial charge on any atom is 0.330 e. The van der Waals surface area contributed by atoms with Crippen molar-refractivity contribution in [3.63, 3.8) is 0 Å². The standard InChI is InChI=1S/C19H19F2NO5/c1-26-15-6-3-11(9-13(15)20)4-8-17(23)22-18(19(24)25)12-5-7-16(27-2)14(21)10-12/h3,5-7,9-10,18H,4,8H2,1-2H3,(H,22,23)(H,24,25). The van der Waals surface area contributed by atoms with Crippen LogP contribution in [0.5, 0.6) is 11.5 Å². The van der Waals surface area contributed by atoms with E-state index in [0.29, 0.717) is 5.56 Å². The van der Waals surface area contributed by atoms with Crippen LogP contribution in [0.25, 0.3) is 0 Å². The molecule has 27 heavy (non-hydrogen) atoms. The van der Waals surface area contributed by atoms with E-state index in [1.807, 2.05) is 0 Å². The first kappa shape index (κ1) is 20.2. The van der Waals surface area contributed by atoms with Crippen molar-refractivity contribution >= 4 is 11.9 Å². The Hall–Kier alpha value is -3.16. The normalized spacial score (nSPS) is 11.6. The van der Waals surface area contributed by atoms with Crippen LogP contribution in [0.4, 0.5) is 8.78 Å². The largest absolute Gasteiger partial charge is 0.494 e. The summed E-state index contributed by atoms with van der Waals surface area (Å²) in [4.78, 5) is 23.6. The molecule has 0 heterocycles. The summed E-state index contributed by atoms with van der Waals surface area (Å²) in [5, 5.41) is 11.7. The van der Waals surface area contributed by atoms with E-state index in [2.05, 4.69) is 5.32 Å². The van der Waals surface area contributed by atoms with Gasteiger partial charge in [0.1, 0.15) is 0 Å². The van der Waals surface area contributed by atoms with E-state index in [9.17, 15) is 23.5 Å². The SMILES string of the molecule is COc1ccc(CCC(=O)NC(C(=O)O)c2ccc(OC)c(F)c2)cc1F. The monoisotopic (exact) mass is 379 g/mol. The number of rotatable bonds is 8. The topological polar surface area (TPSA) is 84.9 Å². The Morgan fingerprint density at radius 3 is 2.15 bits per heavy atom. The molecule has 0 saturated carbocycles. The van der Waals surface area contributed by atoms with Gasteiger partial charge >= 0.3 is 5.97 Å². The zero-order valence-corrected chi connectivity index (χ0v) is 14.8. The summed E-state index contributed by atoms with van der Waals surface area (Å²) >= 11 is 0. The first-order valence-corrected chi connectivity index (χ1v) is 8.03. The molecule has 0 aliphatic carbocycles. The Morgan fingerprint density at radius 2 is 1.63 bits per heavy atom. The molecule has 144 valence electrons. The lowest BCUT2D eigenvalue weighted by molar-refractivity contribution is -0.142. The molecule has 2 aromatic carbocycles. The summed E-state index contributed by atoms with van der Waals surface area (Å²) in [6, 6.07) is 6.54. The molecule has 0 aliphatic heterocycles. The smallest absolute Gasteiger partial charge is 0.330 e. The van der Waals surface area contributed by atoms with Gasteiger partial charge in [0.05, 0.1) is 14.2 Å². The second-order valence-corrected chi connectivity index (χ2v) is 5.70. The number of carboxylic acid groups (broad SMARTS) is 1. The van der Waals surface area contributed by atoms with E-state index in [4.69, 9.17) is 9.47 Å². The number of ether oxygens (including phenoxy) is 2. The van der Waals surface area contributed by atoms with Crippen LogP contribution in [0, 0.1) is 11.6 Å². The fourth-order valence-corrected chi connectivity index (χ4v) is 2.51. The predicted octanol–water partition coefficient (Wildman–Crippen LogP) is 2.86. The van der Waals surface area contributed by atoms with Crippen molar-refractivity contribution in [2.75, 3.05) is 14.2 Å². The Labute approximate surface area is 154 Å². The number of methoxy groups -OCH3 is 2. The van der Waals surface area contributed by atoms with Crippen molar-refractivity contribution < 1.29 is 33.0 Å². The lowest BCUT2D eigenvalue weighted by Gasteiger charge is -2.16. The molecule has 1 atom stereocenters. The van der Waals surface area contributed by atoms with Crippen LogP contribution >= 0.6 is 0 Å². The Bertz CT molecular complexity index is 841. The maximum absolute atomic E-state index is 13.8. The van der Waals surface area contributed by atoms with Crippen molar-refractivity contribution in [3.05, 3.63) is 59.2 Å². The number of hydrogen-bond donors (Lipinski definition) is 2. The van der Waals surface area contributed by atoms with Crippen molar-refractivity contribution in [3.8, 4) is 11.5 Å². The average Bonchev–Trinajstić information content (AvgIpc) is 2.64. The predicted molar refractivity (Wildman–Crippen MR) is 92.7 cm³/mol. The zero-order valence-electron chi connectivity index (χ0n) is 14.8. The average molecular weight is 379 g/mol. The summed E-state index contributed by atoms with van der Waals surface area (Å²) in [7, 11) is 2.64. The number of aliphatic carboxylic acids is 1. The zero-order chi connectivity index (χ0) is 20.0. The first-order chi connectivity index (χ1) is 12.8. The number of aryl methyl sites for hydroxylation is 1. The van der Waals surface area contributed by atoms with E-state index < -0.39 is 29.6 Å². The molecule has 8 heteroatoms. The minimum atomic E-state index is -1.41. The third kappa shape index (κ3) is 5.16. The van der Waals surface area contributed by atoms with Crippen LogP contribution in [-0.4, -0.2) is 31.2 Å². The Balaban J connectivity index is 2.04. The molecule has 2 rings (SSSR count). The molecular weight excluding hydrogens is 360 g/mol. The van der Waals surface area contributed by atoms with Crippen molar-refractivity contribution in [1.29, 1.82) is 0 Å². The van der Waals surface area contributed by atoms with Crippen LogP contribution in [-0.2, 0) is 16.0 Å². The molecule has 0 radical (unpaired) electrons. The van der Waals surface area contributed by atoms with E-state index in [-0.39, 0.29) is 29.9 Å². The fraction of sp³-hybridized carbons (Fsp3) is 0.263. The van der Waals surface area contributed by atoms with Crippen LogP contribution in [0.3, 0.4) is 0 Å². The highest BCUT2D eigenvalue weighted by Crippen LogP contribution is 2.23. The van der Waals surface area contributed by atoms with Crippen molar-refractivity contribution in [2.45, 2.75) is 18.9 Å². The van der Waals surface area contributed by atoms with Gasteiger partial charge in [0.15, 0.2) is 29.2 Å². The van der Waals surface area contributed by atoms with Crippen molar-refractivity contribution in [1.82, 2.24) is 5.32 Å². The highest BCUT2D eigenvalue weighted by atomic mass is 19.1. The number of benzene rings is 2. The summed E-state index contributed by atoms with van der Waals surface area (Å²) in [6.07, 6.45) is 0.143. The number of hydrogen-bond acceptors (Lipinski definition) is 4. The van der Waals surface area contributed by atoms with Gasteiger partial charge in [-0.05, 0) is 41.8 Å². The van der Waals surface area contributed by atoms with Gasteiger partial charge in [0, 0.05) is 6.42 Å². The quantitative estimate of drug-likeness (QED) is 0.737. The lowest BCUT2D eigenvalue weighted by atomic mass is 10.1. The van der Waals surface area contributed by atoms with Gasteiger partial charge in [-0.2, -0.15) is 0 Å². The Kier molecular flexibility index (Phi) is 6.70. The molecule has 0 aromatic heterocycles. The van der Waals surface area contributed by atoms with Crippen molar-refractivity contribution in [2.24, 2.45) is 0 Å².